The normalized spacial score (nSPS) is 12.2. The maximum Gasteiger partial charge on any atom is 0.323 e. The smallest absolute Gasteiger partial charge is 0.323 e. The van der Waals surface area contributed by atoms with Crippen LogP contribution in [-0.4, -0.2) is 52.1 Å². The lowest BCUT2D eigenvalue weighted by Crippen LogP contribution is -2.48. The summed E-state index contributed by atoms with van der Waals surface area (Å²) in [5, 5.41) is 17.2. The number of aliphatic carboxylic acids is 2. The number of rotatable bonds is 7. The van der Waals surface area contributed by atoms with E-state index in [1.165, 1.54) is 0 Å². The molecule has 0 spiro atoms. The molecule has 0 saturated carbocycles. The third kappa shape index (κ3) is 6.52. The van der Waals surface area contributed by atoms with Crippen LogP contribution in [0.2, 0.25) is 0 Å². The minimum Gasteiger partial charge on any atom is -0.481 e. The molecule has 0 fully saturated rings. The fourth-order valence-corrected chi connectivity index (χ4v) is 1.35. The Bertz CT molecular complexity index is 303. The van der Waals surface area contributed by atoms with Crippen LogP contribution >= 0.6 is 0 Å². The molecule has 0 aromatic rings. The van der Waals surface area contributed by atoms with Gasteiger partial charge < -0.3 is 20.8 Å². The van der Waals surface area contributed by atoms with Gasteiger partial charge in [0.25, 0.3) is 0 Å². The summed E-state index contributed by atoms with van der Waals surface area (Å²) < 4.78 is 0. The van der Waals surface area contributed by atoms with Gasteiger partial charge in [-0.1, -0.05) is 13.8 Å². The Morgan fingerprint density at radius 1 is 1.18 bits per heavy atom. The molecule has 0 heterocycles. The van der Waals surface area contributed by atoms with Crippen LogP contribution in [0.3, 0.4) is 0 Å². The molecule has 1 amide bonds. The van der Waals surface area contributed by atoms with Crippen LogP contribution in [-0.2, 0) is 14.4 Å². The summed E-state index contributed by atoms with van der Waals surface area (Å²) in [6.07, 6.45) is -0.507. The number of hydrogen-bond acceptors (Lipinski definition) is 4. The van der Waals surface area contributed by atoms with Crippen molar-refractivity contribution in [1.82, 2.24) is 4.90 Å². The van der Waals surface area contributed by atoms with Crippen LogP contribution in [0.1, 0.15) is 20.3 Å². The van der Waals surface area contributed by atoms with Crippen LogP contribution in [0, 0.1) is 5.92 Å². The zero-order valence-corrected chi connectivity index (χ0v) is 9.92. The van der Waals surface area contributed by atoms with Gasteiger partial charge in [-0.05, 0) is 5.92 Å². The van der Waals surface area contributed by atoms with E-state index in [2.05, 4.69) is 0 Å². The van der Waals surface area contributed by atoms with E-state index in [0.29, 0.717) is 0 Å². The Balaban J connectivity index is 4.60. The molecule has 4 N–H and O–H groups in total. The monoisotopic (exact) mass is 246 g/mol. The highest BCUT2D eigenvalue weighted by atomic mass is 16.4. The van der Waals surface area contributed by atoms with Crippen molar-refractivity contribution in [1.29, 1.82) is 0 Å². The molecule has 0 aliphatic carbocycles. The molecule has 0 bridgehead atoms. The second-order valence-electron chi connectivity index (χ2n) is 4.21. The molecule has 17 heavy (non-hydrogen) atoms. The second-order valence-corrected chi connectivity index (χ2v) is 4.21. The van der Waals surface area contributed by atoms with E-state index in [1.807, 2.05) is 13.8 Å². The van der Waals surface area contributed by atoms with Crippen molar-refractivity contribution in [3.8, 4) is 0 Å². The van der Waals surface area contributed by atoms with E-state index < -0.39 is 36.9 Å². The molecule has 7 nitrogen and oxygen atoms in total. The summed E-state index contributed by atoms with van der Waals surface area (Å²) in [6.45, 7) is 3.42. The van der Waals surface area contributed by atoms with Crippen LogP contribution < -0.4 is 5.73 Å². The molecule has 0 saturated heterocycles. The maximum absolute atomic E-state index is 11.7. The molecule has 0 aromatic heterocycles. The Morgan fingerprint density at radius 2 is 1.71 bits per heavy atom. The number of carboxylic acid groups (broad SMARTS) is 2. The zero-order chi connectivity index (χ0) is 13.6. The summed E-state index contributed by atoms with van der Waals surface area (Å²) in [5.41, 5.74) is 5.41. The van der Waals surface area contributed by atoms with Crippen molar-refractivity contribution in [3.63, 3.8) is 0 Å². The molecular weight excluding hydrogens is 228 g/mol. The average Bonchev–Trinajstić information content (AvgIpc) is 2.12. The van der Waals surface area contributed by atoms with Crippen molar-refractivity contribution in [2.45, 2.75) is 26.3 Å². The molecule has 1 atom stereocenters. The molecule has 0 aliphatic heterocycles. The number of carboxylic acids is 2. The van der Waals surface area contributed by atoms with Crippen molar-refractivity contribution in [3.05, 3.63) is 0 Å². The Kier molecular flexibility index (Phi) is 6.19. The first-order chi connectivity index (χ1) is 7.73. The third-order valence-electron chi connectivity index (χ3n) is 1.94. The van der Waals surface area contributed by atoms with Crippen molar-refractivity contribution in [2.24, 2.45) is 11.7 Å². The van der Waals surface area contributed by atoms with E-state index in [0.717, 1.165) is 4.90 Å². The number of nitrogens with two attached hydrogens (primary N) is 1. The van der Waals surface area contributed by atoms with Gasteiger partial charge >= 0.3 is 11.9 Å². The molecule has 1 unspecified atom stereocenters. The maximum atomic E-state index is 11.7. The highest BCUT2D eigenvalue weighted by molar-refractivity contribution is 5.88. The van der Waals surface area contributed by atoms with Crippen molar-refractivity contribution in [2.75, 3.05) is 13.1 Å². The second kappa shape index (κ2) is 6.85. The molecule has 7 heteroatoms. The molecule has 0 aliphatic rings. The summed E-state index contributed by atoms with van der Waals surface area (Å²) in [7, 11) is 0. The van der Waals surface area contributed by atoms with Gasteiger partial charge in [0.05, 0.1) is 12.5 Å². The van der Waals surface area contributed by atoms with Crippen LogP contribution in [0.15, 0.2) is 0 Å². The van der Waals surface area contributed by atoms with E-state index in [-0.39, 0.29) is 12.5 Å². The van der Waals surface area contributed by atoms with Crippen LogP contribution in [0.25, 0.3) is 0 Å². The predicted molar refractivity (Wildman–Crippen MR) is 59.3 cm³/mol. The van der Waals surface area contributed by atoms with Gasteiger partial charge in [-0.15, -0.1) is 0 Å². The van der Waals surface area contributed by atoms with Gasteiger partial charge in [-0.25, -0.2) is 0 Å². The Morgan fingerprint density at radius 3 is 2.06 bits per heavy atom. The lowest BCUT2D eigenvalue weighted by atomic mass is 10.1. The standard InChI is InChI=1S/C10H18N2O5/c1-6(2)4-12(5-9(15)16)10(17)7(11)3-8(13)14/h6-7H,3-5,11H2,1-2H3,(H,13,14)(H,15,16). The largest absolute Gasteiger partial charge is 0.481 e. The molecule has 0 radical (unpaired) electrons. The number of nitrogens with zero attached hydrogens (tertiary/aromatic N) is 1. The number of hydrogen-bond donors (Lipinski definition) is 3. The third-order valence-corrected chi connectivity index (χ3v) is 1.94. The Labute approximate surface area is 99.2 Å². The Hall–Kier alpha value is -1.63. The number of amides is 1. The molecule has 0 rings (SSSR count). The van der Waals surface area contributed by atoms with E-state index in [1.54, 1.807) is 0 Å². The van der Waals surface area contributed by atoms with E-state index in [9.17, 15) is 14.4 Å². The number of carbonyl (C=O) groups excluding carboxylic acids is 1. The average molecular weight is 246 g/mol. The van der Waals surface area contributed by atoms with Gasteiger partial charge in [0.2, 0.25) is 5.91 Å². The lowest BCUT2D eigenvalue weighted by molar-refractivity contribution is -0.146. The number of carbonyl (C=O) groups is 3. The summed E-state index contributed by atoms with van der Waals surface area (Å²) >= 11 is 0. The van der Waals surface area contributed by atoms with Gasteiger partial charge in [0.15, 0.2) is 0 Å². The molecule has 98 valence electrons. The zero-order valence-electron chi connectivity index (χ0n) is 9.92. The lowest BCUT2D eigenvalue weighted by Gasteiger charge is -2.25. The SMILES string of the molecule is CC(C)CN(CC(=O)O)C(=O)C(N)CC(=O)O. The minimum atomic E-state index is -1.20. The predicted octanol–water partition coefficient (Wildman–Crippen LogP) is -0.642. The first-order valence-corrected chi connectivity index (χ1v) is 5.22. The summed E-state index contributed by atoms with van der Waals surface area (Å²) in [6, 6.07) is -1.20. The minimum absolute atomic E-state index is 0.0790. The van der Waals surface area contributed by atoms with Crippen LogP contribution in [0.4, 0.5) is 0 Å². The van der Waals surface area contributed by atoms with Crippen molar-refractivity contribution >= 4 is 17.8 Å². The highest BCUT2D eigenvalue weighted by Crippen LogP contribution is 2.03. The summed E-state index contributed by atoms with van der Waals surface area (Å²) in [4.78, 5) is 33.8. The molecular formula is C10H18N2O5. The van der Waals surface area contributed by atoms with E-state index >= 15 is 0 Å². The first kappa shape index (κ1) is 15.4. The fourth-order valence-electron chi connectivity index (χ4n) is 1.35. The topological polar surface area (TPSA) is 121 Å². The first-order valence-electron chi connectivity index (χ1n) is 5.22. The van der Waals surface area contributed by atoms with Crippen molar-refractivity contribution < 1.29 is 24.6 Å². The molecule has 0 aromatic carbocycles. The van der Waals surface area contributed by atoms with Gasteiger partial charge in [-0.2, -0.15) is 0 Å². The van der Waals surface area contributed by atoms with Gasteiger partial charge in [-0.3, -0.25) is 14.4 Å². The highest BCUT2D eigenvalue weighted by Gasteiger charge is 2.25. The summed E-state index contributed by atoms with van der Waals surface area (Å²) in [5.74, 6) is -2.91. The van der Waals surface area contributed by atoms with Crippen LogP contribution in [0.5, 0.6) is 0 Å². The van der Waals surface area contributed by atoms with Gasteiger partial charge in [0, 0.05) is 6.54 Å². The van der Waals surface area contributed by atoms with E-state index in [4.69, 9.17) is 15.9 Å². The fraction of sp³-hybridized carbons (Fsp3) is 0.700. The quantitative estimate of drug-likeness (QED) is 0.549. The van der Waals surface area contributed by atoms with Gasteiger partial charge in [0.1, 0.15) is 6.54 Å².